The van der Waals surface area contributed by atoms with E-state index in [4.69, 9.17) is 0 Å². The van der Waals surface area contributed by atoms with Gasteiger partial charge in [0.25, 0.3) is 0 Å². The van der Waals surface area contributed by atoms with Crippen LogP contribution in [0.5, 0.6) is 0 Å². The first-order valence-electron chi connectivity index (χ1n) is 5.78. The quantitative estimate of drug-likeness (QED) is 0.798. The molecule has 2 heterocycles. The molecule has 92 valence electrons. The average Bonchev–Trinajstić information content (AvgIpc) is 2.95. The molecule has 0 amide bonds. The van der Waals surface area contributed by atoms with Crippen molar-refractivity contribution >= 4 is 38.6 Å². The summed E-state index contributed by atoms with van der Waals surface area (Å²) in [4.78, 5) is 1.41. The molecule has 0 aliphatic carbocycles. The van der Waals surface area contributed by atoms with Crippen LogP contribution in [-0.4, -0.2) is 6.54 Å². The summed E-state index contributed by atoms with van der Waals surface area (Å²) in [5.41, 5.74) is 1.42. The summed E-state index contributed by atoms with van der Waals surface area (Å²) in [5, 5.41) is 10.2. The third-order valence-electron chi connectivity index (χ3n) is 2.62. The lowest BCUT2D eigenvalue weighted by Crippen LogP contribution is -2.23. The molecule has 1 nitrogen and oxygen atoms in total. The van der Waals surface area contributed by atoms with Gasteiger partial charge in [0.1, 0.15) is 0 Å². The van der Waals surface area contributed by atoms with E-state index in [1.807, 2.05) is 11.3 Å². The molecule has 0 radical (unpaired) electrons. The van der Waals surface area contributed by atoms with Crippen molar-refractivity contribution in [2.75, 3.05) is 6.54 Å². The van der Waals surface area contributed by atoms with Crippen molar-refractivity contribution in [2.45, 2.75) is 25.8 Å². The largest absolute Gasteiger partial charge is 0.309 e. The standard InChI is InChI=1S/C13H16BrNS2/c1-2-5-15-12(8-10-3-6-16-9-10)13-11(14)4-7-17-13/h3-4,6-7,9,12,15H,2,5,8H2,1H3. The molecule has 4 heteroatoms. The van der Waals surface area contributed by atoms with Crippen LogP contribution in [0.15, 0.2) is 32.7 Å². The summed E-state index contributed by atoms with van der Waals surface area (Å²) in [7, 11) is 0. The van der Waals surface area contributed by atoms with Crippen LogP contribution < -0.4 is 5.32 Å². The van der Waals surface area contributed by atoms with E-state index < -0.39 is 0 Å². The van der Waals surface area contributed by atoms with E-state index in [2.05, 4.69) is 56.4 Å². The van der Waals surface area contributed by atoms with Crippen LogP contribution in [0.3, 0.4) is 0 Å². The zero-order valence-electron chi connectivity index (χ0n) is 9.78. The molecular formula is C13H16BrNS2. The van der Waals surface area contributed by atoms with Gasteiger partial charge in [-0.2, -0.15) is 11.3 Å². The smallest absolute Gasteiger partial charge is 0.0467 e. The fourth-order valence-corrected chi connectivity index (χ4v) is 4.18. The molecule has 0 aliphatic rings. The van der Waals surface area contributed by atoms with E-state index in [9.17, 15) is 0 Å². The van der Waals surface area contributed by atoms with E-state index >= 15 is 0 Å². The second-order valence-corrected chi connectivity index (χ2v) is 6.56. The van der Waals surface area contributed by atoms with Gasteiger partial charge in [-0.1, -0.05) is 6.92 Å². The monoisotopic (exact) mass is 329 g/mol. The molecule has 0 aromatic carbocycles. The Bertz CT molecular complexity index is 436. The molecule has 2 aromatic heterocycles. The van der Waals surface area contributed by atoms with Gasteiger partial charge in [-0.25, -0.2) is 0 Å². The molecule has 1 N–H and O–H groups in total. The van der Waals surface area contributed by atoms with Crippen LogP contribution in [0.2, 0.25) is 0 Å². The van der Waals surface area contributed by atoms with E-state index in [1.165, 1.54) is 21.3 Å². The first-order chi connectivity index (χ1) is 8.31. The molecule has 0 spiro atoms. The van der Waals surface area contributed by atoms with Gasteiger partial charge in [-0.15, -0.1) is 11.3 Å². The predicted octanol–water partition coefficient (Wildman–Crippen LogP) is 4.86. The van der Waals surface area contributed by atoms with Gasteiger partial charge in [0.15, 0.2) is 0 Å². The van der Waals surface area contributed by atoms with E-state index in [-0.39, 0.29) is 0 Å². The molecule has 0 aliphatic heterocycles. The molecular weight excluding hydrogens is 314 g/mol. The maximum absolute atomic E-state index is 3.64. The number of thiophene rings is 2. The number of halogens is 1. The minimum absolute atomic E-state index is 0.430. The number of hydrogen-bond donors (Lipinski definition) is 1. The Morgan fingerprint density at radius 3 is 2.82 bits per heavy atom. The van der Waals surface area contributed by atoms with Crippen LogP contribution in [0, 0.1) is 0 Å². The topological polar surface area (TPSA) is 12.0 Å². The van der Waals surface area contributed by atoms with Crippen molar-refractivity contribution in [1.82, 2.24) is 5.32 Å². The van der Waals surface area contributed by atoms with Gasteiger partial charge in [0.05, 0.1) is 0 Å². The summed E-state index contributed by atoms with van der Waals surface area (Å²) < 4.78 is 1.23. The van der Waals surface area contributed by atoms with Crippen molar-refractivity contribution in [3.8, 4) is 0 Å². The number of nitrogens with one attached hydrogen (secondary N) is 1. The highest BCUT2D eigenvalue weighted by molar-refractivity contribution is 9.10. The lowest BCUT2D eigenvalue weighted by atomic mass is 10.1. The Labute approximate surface area is 119 Å². The number of hydrogen-bond acceptors (Lipinski definition) is 3. The summed E-state index contributed by atoms with van der Waals surface area (Å²) in [6, 6.07) is 4.78. The maximum atomic E-state index is 3.64. The molecule has 2 rings (SSSR count). The normalized spacial score (nSPS) is 12.8. The highest BCUT2D eigenvalue weighted by Gasteiger charge is 2.15. The highest BCUT2D eigenvalue weighted by Crippen LogP contribution is 2.31. The van der Waals surface area contributed by atoms with Crippen LogP contribution in [-0.2, 0) is 6.42 Å². The van der Waals surface area contributed by atoms with Gasteiger partial charge >= 0.3 is 0 Å². The second kappa shape index (κ2) is 6.69. The van der Waals surface area contributed by atoms with Crippen LogP contribution >= 0.6 is 38.6 Å². The molecule has 1 atom stereocenters. The minimum Gasteiger partial charge on any atom is -0.309 e. The molecule has 0 bridgehead atoms. The molecule has 0 saturated carbocycles. The highest BCUT2D eigenvalue weighted by atomic mass is 79.9. The van der Waals surface area contributed by atoms with Crippen LogP contribution in [0.25, 0.3) is 0 Å². The minimum atomic E-state index is 0.430. The molecule has 0 saturated heterocycles. The van der Waals surface area contributed by atoms with Gasteiger partial charge < -0.3 is 5.32 Å². The van der Waals surface area contributed by atoms with Gasteiger partial charge in [0.2, 0.25) is 0 Å². The SMILES string of the molecule is CCCNC(Cc1ccsc1)c1sccc1Br. The average molecular weight is 330 g/mol. The lowest BCUT2D eigenvalue weighted by molar-refractivity contribution is 0.536. The molecule has 17 heavy (non-hydrogen) atoms. The Morgan fingerprint density at radius 2 is 2.24 bits per heavy atom. The van der Waals surface area contributed by atoms with Crippen molar-refractivity contribution < 1.29 is 0 Å². The van der Waals surface area contributed by atoms with Crippen molar-refractivity contribution in [1.29, 1.82) is 0 Å². The fraction of sp³-hybridized carbons (Fsp3) is 0.385. The van der Waals surface area contributed by atoms with Gasteiger partial charge in [0, 0.05) is 15.4 Å². The Hall–Kier alpha value is -0.160. The summed E-state index contributed by atoms with van der Waals surface area (Å²) in [5.74, 6) is 0. The van der Waals surface area contributed by atoms with E-state index in [0.29, 0.717) is 6.04 Å². The zero-order valence-corrected chi connectivity index (χ0v) is 13.0. The van der Waals surface area contributed by atoms with E-state index in [0.717, 1.165) is 13.0 Å². The second-order valence-electron chi connectivity index (χ2n) is 3.98. The Kier molecular flexibility index (Phi) is 5.22. The van der Waals surface area contributed by atoms with Crippen molar-refractivity contribution in [3.05, 3.63) is 43.2 Å². The first kappa shape index (κ1) is 13.3. The zero-order chi connectivity index (χ0) is 12.1. The van der Waals surface area contributed by atoms with Crippen LogP contribution in [0.4, 0.5) is 0 Å². The summed E-state index contributed by atoms with van der Waals surface area (Å²) >= 11 is 7.23. The van der Waals surface area contributed by atoms with Gasteiger partial charge in [-0.05, 0) is 69.2 Å². The Balaban J connectivity index is 2.11. The lowest BCUT2D eigenvalue weighted by Gasteiger charge is -2.17. The predicted molar refractivity (Wildman–Crippen MR) is 81.1 cm³/mol. The summed E-state index contributed by atoms with van der Waals surface area (Å²) in [6.45, 7) is 3.28. The fourth-order valence-electron chi connectivity index (χ4n) is 1.77. The summed E-state index contributed by atoms with van der Waals surface area (Å²) in [6.07, 6.45) is 2.24. The Morgan fingerprint density at radius 1 is 1.35 bits per heavy atom. The maximum Gasteiger partial charge on any atom is 0.0467 e. The van der Waals surface area contributed by atoms with Gasteiger partial charge in [-0.3, -0.25) is 0 Å². The molecule has 1 unspecified atom stereocenters. The van der Waals surface area contributed by atoms with Crippen molar-refractivity contribution in [2.24, 2.45) is 0 Å². The number of rotatable bonds is 6. The molecule has 0 fully saturated rings. The third kappa shape index (κ3) is 3.65. The third-order valence-corrected chi connectivity index (χ3v) is 5.34. The van der Waals surface area contributed by atoms with Crippen LogP contribution in [0.1, 0.15) is 29.8 Å². The molecule has 2 aromatic rings. The first-order valence-corrected chi connectivity index (χ1v) is 8.40. The van der Waals surface area contributed by atoms with Crippen molar-refractivity contribution in [3.63, 3.8) is 0 Å². The van der Waals surface area contributed by atoms with E-state index in [1.54, 1.807) is 11.3 Å².